The molecule has 0 unspecified atom stereocenters. The van der Waals surface area contributed by atoms with Gasteiger partial charge in [0, 0.05) is 10.6 Å². The van der Waals surface area contributed by atoms with E-state index in [1.54, 1.807) is 6.07 Å². The van der Waals surface area contributed by atoms with E-state index >= 15 is 0 Å². The minimum Gasteiger partial charge on any atom is -0.322 e. The Morgan fingerprint density at radius 2 is 1.95 bits per heavy atom. The third kappa shape index (κ3) is 2.96. The lowest BCUT2D eigenvalue weighted by Crippen LogP contribution is -2.14. The third-order valence-electron chi connectivity index (χ3n) is 3.05. The zero-order chi connectivity index (χ0) is 14.0. The molecule has 2 aromatic rings. The summed E-state index contributed by atoms with van der Waals surface area (Å²) in [6.45, 7) is 3.87. The van der Waals surface area contributed by atoms with Crippen LogP contribution in [0, 0.1) is 19.7 Å². The Balaban J connectivity index is 2.31. The summed E-state index contributed by atoms with van der Waals surface area (Å²) in [4.78, 5) is 12.6. The second-order valence-corrected chi connectivity index (χ2v) is 4.88. The molecule has 0 saturated carbocycles. The summed E-state index contributed by atoms with van der Waals surface area (Å²) < 4.78 is 13.6. The molecule has 0 aliphatic rings. The van der Waals surface area contributed by atoms with E-state index in [9.17, 15) is 9.18 Å². The van der Waals surface area contributed by atoms with Crippen LogP contribution >= 0.6 is 12.6 Å². The molecule has 0 aliphatic carbocycles. The molecule has 2 rings (SSSR count). The number of amides is 1. The minimum atomic E-state index is -0.555. The average Bonchev–Trinajstić information content (AvgIpc) is 2.38. The molecule has 19 heavy (non-hydrogen) atoms. The van der Waals surface area contributed by atoms with Crippen molar-refractivity contribution in [3.8, 4) is 0 Å². The maximum Gasteiger partial charge on any atom is 0.258 e. The fraction of sp³-hybridized carbons (Fsp3) is 0.133. The minimum absolute atomic E-state index is 0.00611. The standard InChI is InChI=1S/C15H14FNOS/c1-9-4-3-5-14(10(9)2)17-15(18)12-8-11(19)6-7-13(12)16/h3-8,19H,1-2H3,(H,17,18). The number of benzene rings is 2. The first-order valence-corrected chi connectivity index (χ1v) is 6.30. The lowest BCUT2D eigenvalue weighted by Gasteiger charge is -2.11. The molecule has 0 spiro atoms. The van der Waals surface area contributed by atoms with Crippen molar-refractivity contribution in [1.29, 1.82) is 0 Å². The van der Waals surface area contributed by atoms with Gasteiger partial charge in [0.2, 0.25) is 0 Å². The molecule has 0 aliphatic heterocycles. The average molecular weight is 275 g/mol. The summed E-state index contributed by atoms with van der Waals surface area (Å²) in [5, 5.41) is 2.72. The molecule has 0 heterocycles. The van der Waals surface area contributed by atoms with Crippen LogP contribution in [-0.4, -0.2) is 5.91 Å². The van der Waals surface area contributed by atoms with Crippen molar-refractivity contribution in [2.45, 2.75) is 18.7 Å². The monoisotopic (exact) mass is 275 g/mol. The van der Waals surface area contributed by atoms with E-state index < -0.39 is 11.7 Å². The quantitative estimate of drug-likeness (QED) is 0.797. The van der Waals surface area contributed by atoms with Crippen molar-refractivity contribution in [3.63, 3.8) is 0 Å². The van der Waals surface area contributed by atoms with Crippen molar-refractivity contribution in [2.75, 3.05) is 5.32 Å². The first kappa shape index (κ1) is 13.6. The number of anilines is 1. The third-order valence-corrected chi connectivity index (χ3v) is 3.33. The zero-order valence-electron chi connectivity index (χ0n) is 10.7. The zero-order valence-corrected chi connectivity index (χ0v) is 11.6. The Hall–Kier alpha value is -1.81. The summed E-state index contributed by atoms with van der Waals surface area (Å²) in [6, 6.07) is 9.76. The van der Waals surface area contributed by atoms with E-state index in [-0.39, 0.29) is 5.56 Å². The van der Waals surface area contributed by atoms with Gasteiger partial charge in [0.25, 0.3) is 5.91 Å². The summed E-state index contributed by atoms with van der Waals surface area (Å²) in [6.07, 6.45) is 0. The van der Waals surface area contributed by atoms with Gasteiger partial charge < -0.3 is 5.32 Å². The van der Waals surface area contributed by atoms with Gasteiger partial charge in [-0.2, -0.15) is 0 Å². The molecule has 0 atom stereocenters. The number of aryl methyl sites for hydroxylation is 1. The SMILES string of the molecule is Cc1cccc(NC(=O)c2cc(S)ccc2F)c1C. The highest BCUT2D eigenvalue weighted by Crippen LogP contribution is 2.20. The molecule has 0 radical (unpaired) electrons. The van der Waals surface area contributed by atoms with E-state index in [4.69, 9.17) is 0 Å². The number of hydrogen-bond acceptors (Lipinski definition) is 2. The van der Waals surface area contributed by atoms with Crippen LogP contribution in [0.15, 0.2) is 41.3 Å². The van der Waals surface area contributed by atoms with E-state index in [2.05, 4.69) is 17.9 Å². The fourth-order valence-corrected chi connectivity index (χ4v) is 1.97. The van der Waals surface area contributed by atoms with Crippen molar-refractivity contribution >= 4 is 24.2 Å². The summed E-state index contributed by atoms with van der Waals surface area (Å²) in [5.74, 6) is -1.03. The van der Waals surface area contributed by atoms with Crippen LogP contribution in [0.4, 0.5) is 10.1 Å². The largest absolute Gasteiger partial charge is 0.322 e. The molecular formula is C15H14FNOS. The van der Waals surface area contributed by atoms with Gasteiger partial charge in [0.05, 0.1) is 5.56 Å². The van der Waals surface area contributed by atoms with E-state index in [1.165, 1.54) is 18.2 Å². The Morgan fingerprint density at radius 3 is 2.68 bits per heavy atom. The molecular weight excluding hydrogens is 261 g/mol. The van der Waals surface area contributed by atoms with Gasteiger partial charge in [0.1, 0.15) is 5.82 Å². The fourth-order valence-electron chi connectivity index (χ4n) is 1.76. The van der Waals surface area contributed by atoms with Gasteiger partial charge in [-0.3, -0.25) is 4.79 Å². The normalized spacial score (nSPS) is 10.3. The van der Waals surface area contributed by atoms with Crippen molar-refractivity contribution in [3.05, 3.63) is 58.9 Å². The summed E-state index contributed by atoms with van der Waals surface area (Å²) in [7, 11) is 0. The second-order valence-electron chi connectivity index (χ2n) is 4.37. The lowest BCUT2D eigenvalue weighted by molar-refractivity contribution is 0.102. The van der Waals surface area contributed by atoms with Crippen molar-refractivity contribution in [1.82, 2.24) is 0 Å². The van der Waals surface area contributed by atoms with Crippen LogP contribution in [0.1, 0.15) is 21.5 Å². The number of carbonyl (C=O) groups is 1. The molecule has 1 amide bonds. The van der Waals surface area contributed by atoms with Gasteiger partial charge in [0.15, 0.2) is 0 Å². The molecule has 2 nitrogen and oxygen atoms in total. The molecule has 0 aromatic heterocycles. The van der Waals surface area contributed by atoms with E-state index in [0.717, 1.165) is 11.1 Å². The highest BCUT2D eigenvalue weighted by Gasteiger charge is 2.13. The molecule has 0 bridgehead atoms. The van der Waals surface area contributed by atoms with Gasteiger partial charge >= 0.3 is 0 Å². The molecule has 0 fully saturated rings. The topological polar surface area (TPSA) is 29.1 Å². The molecule has 98 valence electrons. The first-order valence-electron chi connectivity index (χ1n) is 5.85. The smallest absolute Gasteiger partial charge is 0.258 e. The van der Waals surface area contributed by atoms with Crippen molar-refractivity contribution in [2.24, 2.45) is 0 Å². The van der Waals surface area contributed by atoms with Crippen LogP contribution in [0.25, 0.3) is 0 Å². The first-order chi connectivity index (χ1) is 8.99. The predicted molar refractivity (Wildman–Crippen MR) is 77.5 cm³/mol. The Bertz CT molecular complexity index is 640. The number of rotatable bonds is 2. The van der Waals surface area contributed by atoms with E-state index in [1.807, 2.05) is 26.0 Å². The molecule has 4 heteroatoms. The number of thiol groups is 1. The number of carbonyl (C=O) groups excluding carboxylic acids is 1. The van der Waals surface area contributed by atoms with Gasteiger partial charge in [-0.15, -0.1) is 12.6 Å². The van der Waals surface area contributed by atoms with Crippen LogP contribution in [-0.2, 0) is 0 Å². The summed E-state index contributed by atoms with van der Waals surface area (Å²) in [5.41, 5.74) is 2.72. The van der Waals surface area contributed by atoms with Crippen LogP contribution in [0.3, 0.4) is 0 Å². The maximum absolute atomic E-state index is 13.6. The van der Waals surface area contributed by atoms with Crippen LogP contribution in [0.2, 0.25) is 0 Å². The second kappa shape index (κ2) is 5.45. The van der Waals surface area contributed by atoms with Crippen LogP contribution < -0.4 is 5.32 Å². The Kier molecular flexibility index (Phi) is 3.90. The summed E-state index contributed by atoms with van der Waals surface area (Å²) >= 11 is 4.11. The highest BCUT2D eigenvalue weighted by molar-refractivity contribution is 7.80. The number of hydrogen-bond donors (Lipinski definition) is 2. The van der Waals surface area contributed by atoms with E-state index in [0.29, 0.717) is 10.6 Å². The Labute approximate surface area is 117 Å². The van der Waals surface area contributed by atoms with Crippen LogP contribution in [0.5, 0.6) is 0 Å². The maximum atomic E-state index is 13.6. The highest BCUT2D eigenvalue weighted by atomic mass is 32.1. The predicted octanol–water partition coefficient (Wildman–Crippen LogP) is 3.98. The van der Waals surface area contributed by atoms with Crippen molar-refractivity contribution < 1.29 is 9.18 Å². The lowest BCUT2D eigenvalue weighted by atomic mass is 10.1. The molecule has 0 saturated heterocycles. The van der Waals surface area contributed by atoms with Gasteiger partial charge in [-0.05, 0) is 49.2 Å². The number of nitrogens with one attached hydrogen (secondary N) is 1. The van der Waals surface area contributed by atoms with Gasteiger partial charge in [-0.25, -0.2) is 4.39 Å². The number of halogens is 1. The molecule has 1 N–H and O–H groups in total. The Morgan fingerprint density at radius 1 is 1.21 bits per heavy atom. The molecule has 2 aromatic carbocycles. The van der Waals surface area contributed by atoms with Gasteiger partial charge in [-0.1, -0.05) is 12.1 Å².